The van der Waals surface area contributed by atoms with E-state index in [1.807, 2.05) is 4.90 Å². The van der Waals surface area contributed by atoms with Crippen molar-refractivity contribution in [3.63, 3.8) is 0 Å². The maximum Gasteiger partial charge on any atom is 0.339 e. The Bertz CT molecular complexity index is 631. The molecule has 0 saturated carbocycles. The largest absolute Gasteiger partial charge is 0.465 e. The zero-order valence-electron chi connectivity index (χ0n) is 13.8. The van der Waals surface area contributed by atoms with E-state index >= 15 is 0 Å². The second-order valence-electron chi connectivity index (χ2n) is 6.30. The summed E-state index contributed by atoms with van der Waals surface area (Å²) < 4.78 is 4.62. The van der Waals surface area contributed by atoms with Gasteiger partial charge < -0.3 is 9.64 Å². The molecule has 8 nitrogen and oxygen atoms in total. The number of likely N-dealkylation sites (tertiary alicyclic amines) is 1. The van der Waals surface area contributed by atoms with Crippen molar-refractivity contribution in [3.8, 4) is 0 Å². The Balaban J connectivity index is 1.84. The zero-order chi connectivity index (χ0) is 17.1. The molecular formula is C16H22N4O4. The number of hydrogen-bond acceptors (Lipinski definition) is 7. The van der Waals surface area contributed by atoms with E-state index in [4.69, 9.17) is 0 Å². The molecule has 1 unspecified atom stereocenters. The smallest absolute Gasteiger partial charge is 0.339 e. The fourth-order valence-electron chi connectivity index (χ4n) is 3.61. The Morgan fingerprint density at radius 2 is 2.08 bits per heavy atom. The minimum Gasteiger partial charge on any atom is -0.465 e. The fraction of sp³-hybridized carbons (Fsp3) is 0.625. The molecule has 2 fully saturated rings. The van der Waals surface area contributed by atoms with Gasteiger partial charge in [0.05, 0.1) is 17.6 Å². The van der Waals surface area contributed by atoms with E-state index in [1.54, 1.807) is 0 Å². The third-order valence-electron chi connectivity index (χ3n) is 4.82. The number of pyridine rings is 1. The highest BCUT2D eigenvalue weighted by molar-refractivity contribution is 5.90. The van der Waals surface area contributed by atoms with Crippen molar-refractivity contribution in [2.45, 2.75) is 31.7 Å². The van der Waals surface area contributed by atoms with Crippen LogP contribution in [0.5, 0.6) is 0 Å². The van der Waals surface area contributed by atoms with Crippen molar-refractivity contribution in [1.29, 1.82) is 0 Å². The summed E-state index contributed by atoms with van der Waals surface area (Å²) in [6.07, 6.45) is 5.91. The van der Waals surface area contributed by atoms with Crippen LogP contribution in [0, 0.1) is 10.1 Å². The Morgan fingerprint density at radius 3 is 2.75 bits per heavy atom. The molecule has 2 saturated heterocycles. The van der Waals surface area contributed by atoms with E-state index in [1.165, 1.54) is 32.2 Å². The molecule has 0 bridgehead atoms. The highest BCUT2D eigenvalue weighted by atomic mass is 16.6. The Morgan fingerprint density at radius 1 is 1.33 bits per heavy atom. The standard InChI is InChI=1S/C16H22N4O4/c1-24-16(21)12-9-14(20(22)23)15(17-10-12)19-8-4-5-13(11-19)18-6-2-3-7-18/h9-10,13H,2-8,11H2,1H3. The van der Waals surface area contributed by atoms with Gasteiger partial charge in [0.25, 0.3) is 0 Å². The average Bonchev–Trinajstić information content (AvgIpc) is 3.15. The summed E-state index contributed by atoms with van der Waals surface area (Å²) >= 11 is 0. The predicted octanol–water partition coefficient (Wildman–Crippen LogP) is 1.84. The van der Waals surface area contributed by atoms with Crippen LogP contribution >= 0.6 is 0 Å². The number of carbonyl (C=O) groups is 1. The SMILES string of the molecule is COC(=O)c1cnc(N2CCCC(N3CCCC3)C2)c([N+](=O)[O-])c1. The number of rotatable bonds is 4. The van der Waals surface area contributed by atoms with Gasteiger partial charge in [-0.3, -0.25) is 15.0 Å². The number of nitro groups is 1. The molecule has 2 aliphatic heterocycles. The molecule has 3 rings (SSSR count). The summed E-state index contributed by atoms with van der Waals surface area (Å²) in [4.78, 5) is 31.2. The topological polar surface area (TPSA) is 88.8 Å². The summed E-state index contributed by atoms with van der Waals surface area (Å²) in [5.41, 5.74) is -0.0407. The van der Waals surface area contributed by atoms with E-state index < -0.39 is 10.9 Å². The normalized spacial score (nSPS) is 21.7. The first-order valence-electron chi connectivity index (χ1n) is 8.32. The molecule has 0 aliphatic carbocycles. The lowest BCUT2D eigenvalue weighted by Gasteiger charge is -2.37. The predicted molar refractivity (Wildman–Crippen MR) is 88.3 cm³/mol. The molecule has 0 N–H and O–H groups in total. The molecule has 1 aromatic rings. The second kappa shape index (κ2) is 7.12. The third-order valence-corrected chi connectivity index (χ3v) is 4.82. The molecule has 0 aromatic carbocycles. The molecule has 1 aromatic heterocycles. The van der Waals surface area contributed by atoms with Crippen LogP contribution in [-0.2, 0) is 4.74 Å². The zero-order valence-corrected chi connectivity index (χ0v) is 13.8. The highest BCUT2D eigenvalue weighted by Crippen LogP contribution is 2.30. The number of esters is 1. The minimum absolute atomic E-state index is 0.0982. The van der Waals surface area contributed by atoms with Crippen LogP contribution in [0.3, 0.4) is 0 Å². The van der Waals surface area contributed by atoms with Crippen molar-refractivity contribution in [3.05, 3.63) is 27.9 Å². The number of carbonyl (C=O) groups excluding carboxylic acids is 1. The minimum atomic E-state index is -0.620. The molecule has 3 heterocycles. The molecule has 0 amide bonds. The number of aromatic nitrogens is 1. The number of methoxy groups -OCH3 is 1. The second-order valence-corrected chi connectivity index (χ2v) is 6.30. The van der Waals surface area contributed by atoms with Crippen molar-refractivity contribution < 1.29 is 14.5 Å². The van der Waals surface area contributed by atoms with E-state index in [-0.39, 0.29) is 11.3 Å². The summed E-state index contributed by atoms with van der Waals surface area (Å²) in [7, 11) is 1.24. The van der Waals surface area contributed by atoms with Gasteiger partial charge in [0.15, 0.2) is 0 Å². The summed E-state index contributed by atoms with van der Waals surface area (Å²) in [6.45, 7) is 3.70. The van der Waals surface area contributed by atoms with Gasteiger partial charge in [-0.25, -0.2) is 9.78 Å². The maximum atomic E-state index is 11.6. The Hall–Kier alpha value is -2.22. The Labute approximate surface area is 140 Å². The quantitative estimate of drug-likeness (QED) is 0.471. The van der Waals surface area contributed by atoms with Crippen LogP contribution in [0.4, 0.5) is 11.5 Å². The lowest BCUT2D eigenvalue weighted by molar-refractivity contribution is -0.384. The lowest BCUT2D eigenvalue weighted by Crippen LogP contribution is -2.47. The average molecular weight is 334 g/mol. The van der Waals surface area contributed by atoms with Crippen molar-refractivity contribution in [2.24, 2.45) is 0 Å². The van der Waals surface area contributed by atoms with Gasteiger partial charge in [0.1, 0.15) is 0 Å². The van der Waals surface area contributed by atoms with Gasteiger partial charge in [-0.1, -0.05) is 0 Å². The number of piperidine rings is 1. The number of nitrogens with zero attached hydrogens (tertiary/aromatic N) is 4. The third kappa shape index (κ3) is 3.33. The lowest BCUT2D eigenvalue weighted by atomic mass is 10.0. The summed E-state index contributed by atoms with van der Waals surface area (Å²) in [6, 6.07) is 1.68. The molecule has 2 aliphatic rings. The van der Waals surface area contributed by atoms with Crippen LogP contribution in [0.1, 0.15) is 36.0 Å². The Kier molecular flexibility index (Phi) is 4.94. The first kappa shape index (κ1) is 16.6. The molecule has 0 spiro atoms. The number of hydrogen-bond donors (Lipinski definition) is 0. The van der Waals surface area contributed by atoms with Crippen LogP contribution in [0.15, 0.2) is 12.3 Å². The fourth-order valence-corrected chi connectivity index (χ4v) is 3.61. The van der Waals surface area contributed by atoms with Crippen molar-refractivity contribution >= 4 is 17.5 Å². The van der Waals surface area contributed by atoms with Crippen molar-refractivity contribution in [2.75, 3.05) is 38.2 Å². The van der Waals surface area contributed by atoms with Crippen LogP contribution in [-0.4, -0.2) is 60.1 Å². The van der Waals surface area contributed by atoms with Gasteiger partial charge >= 0.3 is 11.7 Å². The molecule has 1 atom stereocenters. The summed E-state index contributed by atoms with van der Waals surface area (Å²) in [5, 5.41) is 11.4. The van der Waals surface area contributed by atoms with E-state index in [2.05, 4.69) is 14.6 Å². The van der Waals surface area contributed by atoms with E-state index in [0.717, 1.165) is 39.0 Å². The van der Waals surface area contributed by atoms with Crippen LogP contribution in [0.25, 0.3) is 0 Å². The van der Waals surface area contributed by atoms with Gasteiger partial charge in [-0.2, -0.15) is 0 Å². The van der Waals surface area contributed by atoms with Gasteiger partial charge in [0, 0.05) is 31.4 Å². The maximum absolute atomic E-state index is 11.6. The van der Waals surface area contributed by atoms with E-state index in [9.17, 15) is 14.9 Å². The number of ether oxygens (including phenoxy) is 1. The molecular weight excluding hydrogens is 312 g/mol. The van der Waals surface area contributed by atoms with Gasteiger partial charge in [-0.15, -0.1) is 0 Å². The highest BCUT2D eigenvalue weighted by Gasteiger charge is 2.31. The van der Waals surface area contributed by atoms with Crippen molar-refractivity contribution in [1.82, 2.24) is 9.88 Å². The van der Waals surface area contributed by atoms with Gasteiger partial charge in [0.2, 0.25) is 5.82 Å². The van der Waals surface area contributed by atoms with Crippen LogP contribution in [0.2, 0.25) is 0 Å². The molecule has 8 heteroatoms. The first-order valence-corrected chi connectivity index (χ1v) is 8.32. The van der Waals surface area contributed by atoms with E-state index in [0.29, 0.717) is 11.9 Å². The first-order chi connectivity index (χ1) is 11.6. The number of anilines is 1. The summed E-state index contributed by atoms with van der Waals surface area (Å²) in [5.74, 6) is -0.276. The molecule has 130 valence electrons. The monoisotopic (exact) mass is 334 g/mol. The van der Waals surface area contributed by atoms with Gasteiger partial charge in [-0.05, 0) is 38.8 Å². The molecule has 24 heavy (non-hydrogen) atoms. The molecule has 0 radical (unpaired) electrons. The van der Waals surface area contributed by atoms with Crippen LogP contribution < -0.4 is 4.90 Å².